The van der Waals surface area contributed by atoms with E-state index in [9.17, 15) is 29.1 Å². The van der Waals surface area contributed by atoms with Crippen molar-refractivity contribution in [2.45, 2.75) is 26.2 Å². The number of hydrogen-bond acceptors (Lipinski definition) is 6. The van der Waals surface area contributed by atoms with Crippen molar-refractivity contribution in [3.05, 3.63) is 95.1 Å². The topological polar surface area (TPSA) is 118 Å². The Balaban J connectivity index is 1.33. The minimum Gasteiger partial charge on any atom is -0.481 e. The minimum atomic E-state index is -1.16. The van der Waals surface area contributed by atoms with Gasteiger partial charge < -0.3 is 9.84 Å². The van der Waals surface area contributed by atoms with Crippen LogP contribution >= 0.6 is 0 Å². The summed E-state index contributed by atoms with van der Waals surface area (Å²) in [5.74, 6) is 2.19. The molecule has 1 aliphatic rings. The number of Topliss-reactive ketones (excluding diaryl/α,β-unsaturated/α-hetero) is 1. The van der Waals surface area contributed by atoms with Crippen LogP contribution in [-0.4, -0.2) is 52.7 Å². The SMILES string of the molecule is CC(=O)OCCC#Cc1ccc(-c2ccc(C(=O)CC(CCN3C(=O)c4ccccc4C3=O)C(=O)O)cc2)cc1. The number of hydrogen-bond donors (Lipinski definition) is 1. The third kappa shape index (κ3) is 6.69. The van der Waals surface area contributed by atoms with Crippen LogP contribution in [0.2, 0.25) is 0 Å². The number of amides is 2. The van der Waals surface area contributed by atoms with Gasteiger partial charge in [-0.3, -0.25) is 28.9 Å². The summed E-state index contributed by atoms with van der Waals surface area (Å²) in [7, 11) is 0. The molecule has 202 valence electrons. The van der Waals surface area contributed by atoms with Gasteiger partial charge >= 0.3 is 11.9 Å². The van der Waals surface area contributed by atoms with Crippen LogP contribution in [-0.2, 0) is 14.3 Å². The van der Waals surface area contributed by atoms with E-state index in [1.807, 2.05) is 24.3 Å². The molecule has 0 bridgehead atoms. The van der Waals surface area contributed by atoms with Crippen LogP contribution in [0.3, 0.4) is 0 Å². The zero-order valence-electron chi connectivity index (χ0n) is 21.9. The molecule has 40 heavy (non-hydrogen) atoms. The van der Waals surface area contributed by atoms with Crippen molar-refractivity contribution in [1.29, 1.82) is 0 Å². The van der Waals surface area contributed by atoms with Crippen LogP contribution in [0.4, 0.5) is 0 Å². The molecule has 1 N–H and O–H groups in total. The van der Waals surface area contributed by atoms with E-state index in [1.165, 1.54) is 6.92 Å². The Morgan fingerprint density at radius 3 is 2.00 bits per heavy atom. The van der Waals surface area contributed by atoms with E-state index in [0.29, 0.717) is 23.1 Å². The lowest BCUT2D eigenvalue weighted by Crippen LogP contribution is -2.33. The van der Waals surface area contributed by atoms with E-state index in [1.54, 1.807) is 48.5 Å². The first kappa shape index (κ1) is 28.0. The fraction of sp³-hybridized carbons (Fsp3) is 0.219. The first-order valence-electron chi connectivity index (χ1n) is 12.8. The van der Waals surface area contributed by atoms with Gasteiger partial charge in [0.15, 0.2) is 5.78 Å². The molecule has 1 aliphatic heterocycles. The molecule has 0 radical (unpaired) electrons. The minimum absolute atomic E-state index is 0.0242. The summed E-state index contributed by atoms with van der Waals surface area (Å²) in [6.07, 6.45) is 0.175. The number of carbonyl (C=O) groups is 5. The summed E-state index contributed by atoms with van der Waals surface area (Å²) in [6, 6.07) is 20.9. The summed E-state index contributed by atoms with van der Waals surface area (Å²) >= 11 is 0. The van der Waals surface area contributed by atoms with Gasteiger partial charge in [0.1, 0.15) is 6.61 Å². The van der Waals surface area contributed by atoms with Crippen molar-refractivity contribution < 1.29 is 33.8 Å². The quantitative estimate of drug-likeness (QED) is 0.132. The number of carboxylic acids is 1. The van der Waals surface area contributed by atoms with Gasteiger partial charge in [0, 0.05) is 37.4 Å². The molecule has 8 heteroatoms. The number of esters is 1. The van der Waals surface area contributed by atoms with Crippen LogP contribution in [0.1, 0.15) is 62.8 Å². The number of fused-ring (bicyclic) bond motifs is 1. The highest BCUT2D eigenvalue weighted by Gasteiger charge is 2.36. The van der Waals surface area contributed by atoms with E-state index < -0.39 is 23.7 Å². The Labute approximate surface area is 231 Å². The maximum Gasteiger partial charge on any atom is 0.307 e. The number of carboxylic acid groups (broad SMARTS) is 1. The second-order valence-electron chi connectivity index (χ2n) is 9.31. The molecule has 0 aromatic heterocycles. The smallest absolute Gasteiger partial charge is 0.307 e. The van der Waals surface area contributed by atoms with Gasteiger partial charge in [0.05, 0.1) is 17.0 Å². The molecule has 0 saturated carbocycles. The third-order valence-electron chi connectivity index (χ3n) is 6.55. The Morgan fingerprint density at radius 2 is 1.45 bits per heavy atom. The largest absolute Gasteiger partial charge is 0.481 e. The second kappa shape index (κ2) is 12.7. The Hall–Kier alpha value is -5.03. The number of benzene rings is 3. The lowest BCUT2D eigenvalue weighted by Gasteiger charge is -2.17. The molecular formula is C32H27NO7. The Bertz CT molecular complexity index is 1480. The van der Waals surface area contributed by atoms with Gasteiger partial charge in [-0.25, -0.2) is 0 Å². The number of aliphatic carboxylic acids is 1. The molecule has 1 heterocycles. The molecular weight excluding hydrogens is 510 g/mol. The number of ether oxygens (including phenoxy) is 1. The van der Waals surface area contributed by atoms with Gasteiger partial charge in [-0.1, -0.05) is 60.4 Å². The molecule has 8 nitrogen and oxygen atoms in total. The van der Waals surface area contributed by atoms with Crippen LogP contribution in [0, 0.1) is 17.8 Å². The first-order chi connectivity index (χ1) is 19.2. The van der Waals surface area contributed by atoms with Gasteiger partial charge in [-0.2, -0.15) is 0 Å². The standard InChI is InChI=1S/C32H27NO7/c1-21(34)40-19-5-4-6-22-9-11-23(12-10-22)24-13-15-25(16-14-24)29(35)20-26(32(38)39)17-18-33-30(36)27-7-2-3-8-28(27)31(33)37/h2-3,7-16,26H,5,17-20H2,1H3,(H,38,39). The molecule has 4 rings (SSSR count). The summed E-state index contributed by atoms with van der Waals surface area (Å²) < 4.78 is 4.85. The van der Waals surface area contributed by atoms with E-state index in [2.05, 4.69) is 11.8 Å². The maximum atomic E-state index is 12.9. The van der Waals surface area contributed by atoms with Crippen molar-refractivity contribution >= 4 is 29.5 Å². The van der Waals surface area contributed by atoms with Crippen molar-refractivity contribution in [3.63, 3.8) is 0 Å². The molecule has 1 atom stereocenters. The van der Waals surface area contributed by atoms with Crippen molar-refractivity contribution in [3.8, 4) is 23.0 Å². The third-order valence-corrected chi connectivity index (χ3v) is 6.55. The average Bonchev–Trinajstić information content (AvgIpc) is 3.20. The molecule has 0 spiro atoms. The number of nitrogens with zero attached hydrogens (tertiary/aromatic N) is 1. The van der Waals surface area contributed by atoms with Gasteiger partial charge in [-0.05, 0) is 41.8 Å². The zero-order valence-corrected chi connectivity index (χ0v) is 21.9. The number of ketones is 1. The van der Waals surface area contributed by atoms with Gasteiger partial charge in [-0.15, -0.1) is 0 Å². The molecule has 0 fully saturated rings. The van der Waals surface area contributed by atoms with Crippen molar-refractivity contribution in [2.75, 3.05) is 13.2 Å². The average molecular weight is 538 g/mol. The van der Waals surface area contributed by atoms with Crippen LogP contribution in [0.5, 0.6) is 0 Å². The molecule has 3 aromatic rings. The van der Waals surface area contributed by atoms with E-state index >= 15 is 0 Å². The Kier molecular flexibility index (Phi) is 8.87. The highest BCUT2D eigenvalue weighted by Crippen LogP contribution is 2.25. The number of rotatable bonds is 10. The van der Waals surface area contributed by atoms with E-state index in [4.69, 9.17) is 4.74 Å². The Morgan fingerprint density at radius 1 is 0.875 bits per heavy atom. The van der Waals surface area contributed by atoms with E-state index in [-0.39, 0.29) is 37.7 Å². The summed E-state index contributed by atoms with van der Waals surface area (Å²) in [4.78, 5) is 61.7. The fourth-order valence-electron chi connectivity index (χ4n) is 4.39. The number of imide groups is 1. The highest BCUT2D eigenvalue weighted by molar-refractivity contribution is 6.21. The zero-order chi connectivity index (χ0) is 28.6. The highest BCUT2D eigenvalue weighted by atomic mass is 16.5. The second-order valence-corrected chi connectivity index (χ2v) is 9.31. The van der Waals surface area contributed by atoms with Crippen LogP contribution in [0.25, 0.3) is 11.1 Å². The number of carbonyl (C=O) groups excluding carboxylic acids is 4. The van der Waals surface area contributed by atoms with Gasteiger partial charge in [0.25, 0.3) is 11.8 Å². The summed E-state index contributed by atoms with van der Waals surface area (Å²) in [5, 5.41) is 9.70. The maximum absolute atomic E-state index is 12.9. The lowest BCUT2D eigenvalue weighted by atomic mass is 9.94. The van der Waals surface area contributed by atoms with Gasteiger partial charge in [0.2, 0.25) is 0 Å². The molecule has 2 amide bonds. The van der Waals surface area contributed by atoms with E-state index in [0.717, 1.165) is 21.6 Å². The predicted octanol–water partition coefficient (Wildman–Crippen LogP) is 4.62. The van der Waals surface area contributed by atoms with Crippen LogP contribution in [0.15, 0.2) is 72.8 Å². The summed E-state index contributed by atoms with van der Waals surface area (Å²) in [5.41, 5.74) is 3.61. The normalized spacial score (nSPS) is 12.8. The molecule has 0 saturated heterocycles. The first-order valence-corrected chi connectivity index (χ1v) is 12.8. The fourth-order valence-corrected chi connectivity index (χ4v) is 4.39. The lowest BCUT2D eigenvalue weighted by molar-refractivity contribution is -0.142. The molecule has 3 aromatic carbocycles. The monoisotopic (exact) mass is 537 g/mol. The predicted molar refractivity (Wildman–Crippen MR) is 147 cm³/mol. The molecule has 0 aliphatic carbocycles. The van der Waals surface area contributed by atoms with Crippen molar-refractivity contribution in [1.82, 2.24) is 4.90 Å². The molecule has 1 unspecified atom stereocenters. The summed E-state index contributed by atoms with van der Waals surface area (Å²) in [6.45, 7) is 1.53. The van der Waals surface area contributed by atoms with Crippen LogP contribution < -0.4 is 0 Å². The van der Waals surface area contributed by atoms with Crippen molar-refractivity contribution in [2.24, 2.45) is 5.92 Å².